The van der Waals surface area contributed by atoms with Crippen LogP contribution >= 0.6 is 0 Å². The molecule has 33 heavy (non-hydrogen) atoms. The molecule has 0 unspecified atom stereocenters. The Kier molecular flexibility index (Phi) is 6.04. The average molecular weight is 446 g/mol. The summed E-state index contributed by atoms with van der Waals surface area (Å²) < 4.78 is 17.2. The van der Waals surface area contributed by atoms with E-state index < -0.39 is 28.3 Å². The first kappa shape index (κ1) is 22.0. The summed E-state index contributed by atoms with van der Waals surface area (Å²) in [5, 5.41) is 21.0. The summed E-state index contributed by atoms with van der Waals surface area (Å²) >= 11 is 0. The molecule has 0 aliphatic heterocycles. The number of aryl methyl sites for hydroxylation is 2. The predicted molar refractivity (Wildman–Crippen MR) is 121 cm³/mol. The van der Waals surface area contributed by atoms with Crippen molar-refractivity contribution in [3.63, 3.8) is 0 Å². The van der Waals surface area contributed by atoms with E-state index in [2.05, 4.69) is 0 Å². The highest BCUT2D eigenvalue weighted by atomic mass is 16.5. The molecule has 2 aromatic heterocycles. The summed E-state index contributed by atoms with van der Waals surface area (Å²) in [5.41, 5.74) is 0.236. The Bertz CT molecular complexity index is 1320. The van der Waals surface area contributed by atoms with E-state index in [1.54, 1.807) is 38.1 Å². The molecule has 7 nitrogen and oxygen atoms in total. The number of hydrogen-bond acceptors (Lipinski definition) is 7. The van der Waals surface area contributed by atoms with Crippen LogP contribution in [0, 0.1) is 13.8 Å². The van der Waals surface area contributed by atoms with E-state index in [0.717, 1.165) is 17.7 Å². The molecular weight excluding hydrogens is 424 g/mol. The molecule has 0 atom stereocenters. The molecular formula is C26H22O7. The van der Waals surface area contributed by atoms with Crippen LogP contribution in [0.5, 0.6) is 17.2 Å². The van der Waals surface area contributed by atoms with Gasteiger partial charge in [0.15, 0.2) is 11.5 Å². The van der Waals surface area contributed by atoms with Gasteiger partial charge < -0.3 is 23.8 Å². The smallest absolute Gasteiger partial charge is 0.227 e. The van der Waals surface area contributed by atoms with Crippen molar-refractivity contribution in [3.05, 3.63) is 121 Å². The molecule has 4 rings (SSSR count). The van der Waals surface area contributed by atoms with Crippen LogP contribution < -0.4 is 15.6 Å². The molecule has 0 amide bonds. The molecule has 0 fully saturated rings. The van der Waals surface area contributed by atoms with Crippen LogP contribution in [0.15, 0.2) is 85.2 Å². The molecule has 4 aromatic rings. The van der Waals surface area contributed by atoms with Gasteiger partial charge in [0.25, 0.3) is 0 Å². The normalized spacial score (nSPS) is 11.0. The van der Waals surface area contributed by atoms with Gasteiger partial charge in [-0.2, -0.15) is 0 Å². The second-order valence-electron chi connectivity index (χ2n) is 7.64. The lowest BCUT2D eigenvalue weighted by atomic mass is 9.91. The fourth-order valence-electron chi connectivity index (χ4n) is 3.56. The number of aromatic hydroxyl groups is 2. The highest BCUT2D eigenvalue weighted by Gasteiger charge is 2.31. The summed E-state index contributed by atoms with van der Waals surface area (Å²) in [6, 6.07) is 18.8. The molecule has 0 saturated heterocycles. The first-order chi connectivity index (χ1) is 15.8. The van der Waals surface area contributed by atoms with Crippen molar-refractivity contribution < 1.29 is 23.8 Å². The van der Waals surface area contributed by atoms with Gasteiger partial charge in [-0.1, -0.05) is 42.5 Å². The quantitative estimate of drug-likeness (QED) is 0.452. The van der Waals surface area contributed by atoms with Crippen molar-refractivity contribution in [2.24, 2.45) is 0 Å². The third-order valence-corrected chi connectivity index (χ3v) is 5.13. The van der Waals surface area contributed by atoms with Crippen molar-refractivity contribution >= 4 is 0 Å². The zero-order valence-electron chi connectivity index (χ0n) is 18.1. The van der Waals surface area contributed by atoms with Gasteiger partial charge in [-0.25, -0.2) is 0 Å². The topological polar surface area (TPSA) is 110 Å². The molecule has 2 aromatic carbocycles. The molecule has 0 aliphatic rings. The number of hydrogen-bond donors (Lipinski definition) is 2. The molecule has 7 heteroatoms. The maximum absolute atomic E-state index is 12.2. The average Bonchev–Trinajstić information content (AvgIpc) is 2.80. The van der Waals surface area contributed by atoms with E-state index in [0.29, 0.717) is 17.9 Å². The zero-order valence-corrected chi connectivity index (χ0v) is 18.1. The zero-order chi connectivity index (χ0) is 23.5. The number of ether oxygens (including phenoxy) is 1. The van der Waals surface area contributed by atoms with E-state index in [-0.39, 0.29) is 23.0 Å². The van der Waals surface area contributed by atoms with Crippen LogP contribution in [0.3, 0.4) is 0 Å². The molecule has 0 spiro atoms. The predicted octanol–water partition coefficient (Wildman–Crippen LogP) is 4.38. The summed E-state index contributed by atoms with van der Waals surface area (Å²) in [7, 11) is 0. The van der Waals surface area contributed by atoms with Crippen LogP contribution in [0.2, 0.25) is 0 Å². The highest BCUT2D eigenvalue weighted by Crippen LogP contribution is 2.39. The van der Waals surface area contributed by atoms with E-state index in [9.17, 15) is 19.8 Å². The van der Waals surface area contributed by atoms with Gasteiger partial charge in [-0.15, -0.1) is 0 Å². The number of benzene rings is 2. The van der Waals surface area contributed by atoms with Crippen LogP contribution in [0.25, 0.3) is 0 Å². The monoisotopic (exact) mass is 446 g/mol. The third-order valence-electron chi connectivity index (χ3n) is 5.13. The minimum atomic E-state index is -1.05. The van der Waals surface area contributed by atoms with Crippen LogP contribution in [-0.2, 0) is 6.61 Å². The minimum Gasteiger partial charge on any atom is -0.502 e. The fraction of sp³-hybridized carbons (Fsp3) is 0.154. The molecule has 2 N–H and O–H groups in total. The van der Waals surface area contributed by atoms with Crippen molar-refractivity contribution in [1.29, 1.82) is 0 Å². The van der Waals surface area contributed by atoms with Crippen molar-refractivity contribution in [2.45, 2.75) is 26.4 Å². The largest absolute Gasteiger partial charge is 0.502 e. The SMILES string of the molecule is Cc1cc(=O)c(O)c(C(c2ccc(OCc3ccccc3)cc2)c2oc(C)cc(=O)c2O)o1. The Balaban J connectivity index is 1.78. The molecule has 168 valence electrons. The first-order valence-electron chi connectivity index (χ1n) is 10.3. The Labute approximate surface area is 189 Å². The van der Waals surface area contributed by atoms with Crippen LogP contribution in [0.4, 0.5) is 0 Å². The lowest BCUT2D eigenvalue weighted by molar-refractivity contribution is 0.306. The Morgan fingerprint density at radius 1 is 0.788 bits per heavy atom. The van der Waals surface area contributed by atoms with Gasteiger partial charge in [0, 0.05) is 12.1 Å². The van der Waals surface area contributed by atoms with Gasteiger partial charge in [-0.3, -0.25) is 9.59 Å². The maximum Gasteiger partial charge on any atom is 0.227 e. The van der Waals surface area contributed by atoms with Crippen molar-refractivity contribution in [2.75, 3.05) is 0 Å². The van der Waals surface area contributed by atoms with Crippen molar-refractivity contribution in [1.82, 2.24) is 0 Å². The molecule has 2 heterocycles. The van der Waals surface area contributed by atoms with Gasteiger partial charge in [0.1, 0.15) is 29.8 Å². The van der Waals surface area contributed by atoms with Crippen LogP contribution in [0.1, 0.15) is 40.1 Å². The Morgan fingerprint density at radius 2 is 1.30 bits per heavy atom. The molecule has 0 aliphatic carbocycles. The van der Waals surface area contributed by atoms with Crippen molar-refractivity contribution in [3.8, 4) is 17.2 Å². The molecule has 0 bridgehead atoms. The van der Waals surface area contributed by atoms with Gasteiger partial charge in [-0.05, 0) is 37.1 Å². The van der Waals surface area contributed by atoms with E-state index >= 15 is 0 Å². The fourth-order valence-corrected chi connectivity index (χ4v) is 3.56. The second kappa shape index (κ2) is 9.08. The van der Waals surface area contributed by atoms with Gasteiger partial charge >= 0.3 is 0 Å². The third kappa shape index (κ3) is 4.67. The van der Waals surface area contributed by atoms with Gasteiger partial charge in [0.2, 0.25) is 22.4 Å². The maximum atomic E-state index is 12.2. The molecule has 0 saturated carbocycles. The first-order valence-corrected chi connectivity index (χ1v) is 10.3. The van der Waals surface area contributed by atoms with Gasteiger partial charge in [0.05, 0.1) is 0 Å². The minimum absolute atomic E-state index is 0.137. The lowest BCUT2D eigenvalue weighted by Crippen LogP contribution is -2.13. The Morgan fingerprint density at radius 3 is 1.82 bits per heavy atom. The lowest BCUT2D eigenvalue weighted by Gasteiger charge is -2.19. The summed E-state index contributed by atoms with van der Waals surface area (Å²) in [5.74, 6) is -1.47. The standard InChI is InChI=1S/C26H22O7/c1-15-12-20(27)23(29)25(32-15)22(26-24(30)21(28)13-16(2)33-26)18-8-10-19(11-9-18)31-14-17-6-4-3-5-7-17/h3-13,22,29-30H,14H2,1-2H3. The summed E-state index contributed by atoms with van der Waals surface area (Å²) in [6.45, 7) is 3.51. The van der Waals surface area contributed by atoms with E-state index in [4.69, 9.17) is 13.6 Å². The molecule has 0 radical (unpaired) electrons. The second-order valence-corrected chi connectivity index (χ2v) is 7.64. The van der Waals surface area contributed by atoms with E-state index in [1.807, 2.05) is 30.3 Å². The van der Waals surface area contributed by atoms with E-state index in [1.165, 1.54) is 0 Å². The summed E-state index contributed by atoms with van der Waals surface area (Å²) in [4.78, 5) is 24.5. The summed E-state index contributed by atoms with van der Waals surface area (Å²) in [6.07, 6.45) is 0. The van der Waals surface area contributed by atoms with Crippen LogP contribution in [-0.4, -0.2) is 10.2 Å². The Hall–Kier alpha value is -4.26. The number of rotatable bonds is 6. The highest BCUT2D eigenvalue weighted by molar-refractivity contribution is 5.46.